The Bertz CT molecular complexity index is 1300. The first-order chi connectivity index (χ1) is 14.2. The van der Waals surface area contributed by atoms with E-state index in [-0.39, 0.29) is 1.43 Å². The van der Waals surface area contributed by atoms with E-state index in [1.54, 1.807) is 0 Å². The van der Waals surface area contributed by atoms with Crippen LogP contribution >= 0.6 is 0 Å². The predicted octanol–water partition coefficient (Wildman–Crippen LogP) is 3.51. The Kier molecular flexibility index (Phi) is 3.52. The molecule has 0 amide bonds. The first-order valence-corrected chi connectivity index (χ1v) is 10.0. The summed E-state index contributed by atoms with van der Waals surface area (Å²) in [6, 6.07) is 8.79. The number of hydrogen-bond acceptors (Lipinski definition) is 4. The zero-order valence-corrected chi connectivity index (χ0v) is 16.6. The maximum Gasteiger partial charge on any atom is 0.0923 e. The fraction of sp³-hybridized carbons (Fsp3) is 0.261. The van der Waals surface area contributed by atoms with E-state index in [1.807, 2.05) is 24.1 Å². The minimum Gasteiger partial charge on any atom is -0.299 e. The third-order valence-corrected chi connectivity index (χ3v) is 6.06. The van der Waals surface area contributed by atoms with E-state index in [4.69, 9.17) is 4.98 Å². The van der Waals surface area contributed by atoms with Crippen LogP contribution in [0.25, 0.3) is 27.6 Å². The van der Waals surface area contributed by atoms with Crippen molar-refractivity contribution in [3.05, 3.63) is 71.4 Å². The molecule has 0 spiro atoms. The number of benzene rings is 1. The Morgan fingerprint density at radius 1 is 1.00 bits per heavy atom. The summed E-state index contributed by atoms with van der Waals surface area (Å²) in [5.74, 6) is 0. The SMILES string of the molecule is CN1CCn2ncc(-c3cnc4c(c3)C(c3ccc5nn(C)cc5c3)=CC4)c2C1.[HH]. The summed E-state index contributed by atoms with van der Waals surface area (Å²) in [7, 11) is 4.13. The molecule has 1 aliphatic carbocycles. The second-order valence-corrected chi connectivity index (χ2v) is 8.08. The van der Waals surface area contributed by atoms with Crippen molar-refractivity contribution in [1.29, 1.82) is 0 Å². The molecule has 0 fully saturated rings. The molecule has 0 atom stereocenters. The fourth-order valence-electron chi connectivity index (χ4n) is 4.55. The molecule has 4 heterocycles. The van der Waals surface area contributed by atoms with Crippen molar-refractivity contribution in [2.75, 3.05) is 13.6 Å². The van der Waals surface area contributed by atoms with E-state index >= 15 is 0 Å². The molecule has 0 bridgehead atoms. The van der Waals surface area contributed by atoms with Gasteiger partial charge < -0.3 is 0 Å². The number of aromatic nitrogens is 5. The minimum absolute atomic E-state index is 0. The van der Waals surface area contributed by atoms with Crippen LogP contribution in [-0.4, -0.2) is 43.0 Å². The lowest BCUT2D eigenvalue weighted by Crippen LogP contribution is -2.30. The molecule has 4 aromatic rings. The summed E-state index contributed by atoms with van der Waals surface area (Å²) in [5.41, 5.74) is 9.51. The number of likely N-dealkylation sites (N-methyl/N-ethyl adjacent to an activating group) is 1. The van der Waals surface area contributed by atoms with Gasteiger partial charge in [0, 0.05) is 62.5 Å². The number of rotatable bonds is 2. The van der Waals surface area contributed by atoms with Gasteiger partial charge in [-0.05, 0) is 36.4 Å². The van der Waals surface area contributed by atoms with Gasteiger partial charge in [0.15, 0.2) is 0 Å². The van der Waals surface area contributed by atoms with Crippen LogP contribution in [0.1, 0.15) is 23.9 Å². The first kappa shape index (κ1) is 16.7. The number of aryl methyl sites for hydroxylation is 1. The largest absolute Gasteiger partial charge is 0.299 e. The lowest BCUT2D eigenvalue weighted by atomic mass is 9.97. The predicted molar refractivity (Wildman–Crippen MR) is 115 cm³/mol. The van der Waals surface area contributed by atoms with Gasteiger partial charge in [-0.15, -0.1) is 0 Å². The second kappa shape index (κ2) is 6.12. The molecule has 6 rings (SSSR count). The summed E-state index contributed by atoms with van der Waals surface area (Å²) in [5, 5.41) is 10.3. The number of nitrogens with zero attached hydrogens (tertiary/aromatic N) is 6. The molecule has 0 N–H and O–H groups in total. The van der Waals surface area contributed by atoms with Gasteiger partial charge in [0.1, 0.15) is 0 Å². The van der Waals surface area contributed by atoms with Crippen LogP contribution in [0.5, 0.6) is 0 Å². The molecule has 6 heteroatoms. The van der Waals surface area contributed by atoms with Crippen molar-refractivity contribution >= 4 is 16.5 Å². The molecule has 0 unspecified atom stereocenters. The van der Waals surface area contributed by atoms with Crippen molar-refractivity contribution in [2.24, 2.45) is 7.05 Å². The smallest absolute Gasteiger partial charge is 0.0923 e. The zero-order chi connectivity index (χ0) is 19.5. The Morgan fingerprint density at radius 3 is 2.86 bits per heavy atom. The first-order valence-electron chi connectivity index (χ1n) is 10.0. The van der Waals surface area contributed by atoms with Gasteiger partial charge in [0.25, 0.3) is 0 Å². The second-order valence-electron chi connectivity index (χ2n) is 8.08. The van der Waals surface area contributed by atoms with Crippen LogP contribution in [-0.2, 0) is 26.6 Å². The summed E-state index contributed by atoms with van der Waals surface area (Å²) in [6.07, 6.45) is 9.25. The highest BCUT2D eigenvalue weighted by atomic mass is 15.3. The normalized spacial score (nSPS) is 16.1. The van der Waals surface area contributed by atoms with Gasteiger partial charge in [0.2, 0.25) is 0 Å². The lowest BCUT2D eigenvalue weighted by molar-refractivity contribution is 0.259. The van der Waals surface area contributed by atoms with Crippen LogP contribution in [0.2, 0.25) is 0 Å². The minimum atomic E-state index is 0. The molecule has 146 valence electrons. The Morgan fingerprint density at radius 2 is 1.93 bits per heavy atom. The van der Waals surface area contributed by atoms with E-state index in [1.165, 1.54) is 28.0 Å². The molecule has 1 aromatic carbocycles. The quantitative estimate of drug-likeness (QED) is 0.531. The number of allylic oxidation sites excluding steroid dienone is 1. The molecular formula is C23H24N6. The Labute approximate surface area is 170 Å². The monoisotopic (exact) mass is 384 g/mol. The molecule has 1 aliphatic heterocycles. The van der Waals surface area contributed by atoms with Gasteiger partial charge in [-0.25, -0.2) is 0 Å². The number of pyridine rings is 1. The van der Waals surface area contributed by atoms with E-state index < -0.39 is 0 Å². The van der Waals surface area contributed by atoms with Gasteiger partial charge in [-0.2, -0.15) is 10.2 Å². The van der Waals surface area contributed by atoms with Crippen LogP contribution in [0.15, 0.2) is 48.9 Å². The molecule has 3 aromatic heterocycles. The van der Waals surface area contributed by atoms with Gasteiger partial charge in [0.05, 0.1) is 29.6 Å². The highest BCUT2D eigenvalue weighted by Crippen LogP contribution is 2.36. The average Bonchev–Trinajstić information content (AvgIpc) is 3.41. The molecular weight excluding hydrogens is 360 g/mol. The summed E-state index contributed by atoms with van der Waals surface area (Å²) >= 11 is 0. The van der Waals surface area contributed by atoms with Gasteiger partial charge >= 0.3 is 0 Å². The molecule has 29 heavy (non-hydrogen) atoms. The van der Waals surface area contributed by atoms with Gasteiger partial charge in [-0.1, -0.05) is 12.1 Å². The van der Waals surface area contributed by atoms with Gasteiger partial charge in [-0.3, -0.25) is 19.2 Å². The topological polar surface area (TPSA) is 51.8 Å². The van der Waals surface area contributed by atoms with Crippen molar-refractivity contribution < 1.29 is 1.43 Å². The third-order valence-electron chi connectivity index (χ3n) is 6.06. The summed E-state index contributed by atoms with van der Waals surface area (Å²) in [6.45, 7) is 2.91. The molecule has 0 saturated carbocycles. The van der Waals surface area contributed by atoms with Crippen molar-refractivity contribution in [3.63, 3.8) is 0 Å². The van der Waals surface area contributed by atoms with Crippen molar-refractivity contribution in [3.8, 4) is 11.1 Å². The number of fused-ring (bicyclic) bond motifs is 3. The molecule has 0 radical (unpaired) electrons. The highest BCUT2D eigenvalue weighted by molar-refractivity contribution is 5.90. The maximum atomic E-state index is 4.81. The molecule has 0 saturated heterocycles. The summed E-state index contributed by atoms with van der Waals surface area (Å²) in [4.78, 5) is 7.15. The van der Waals surface area contributed by atoms with Crippen LogP contribution in [0.3, 0.4) is 0 Å². The van der Waals surface area contributed by atoms with Crippen molar-refractivity contribution in [1.82, 2.24) is 29.4 Å². The summed E-state index contributed by atoms with van der Waals surface area (Å²) < 4.78 is 4.00. The Hall–Kier alpha value is -3.25. The molecule has 2 aliphatic rings. The maximum absolute atomic E-state index is 4.81. The average molecular weight is 384 g/mol. The number of hydrogen-bond donors (Lipinski definition) is 0. The Balaban J connectivity index is 0.00000193. The van der Waals surface area contributed by atoms with Crippen molar-refractivity contribution in [2.45, 2.75) is 19.5 Å². The van der Waals surface area contributed by atoms with Crippen LogP contribution in [0.4, 0.5) is 0 Å². The van der Waals surface area contributed by atoms with E-state index in [0.29, 0.717) is 0 Å². The standard InChI is InChI=1S/C23H22N6.H2/c1-27-7-8-29-23(14-27)20(12-25-29)16-10-19-18(4-6-22(19)24-11-16)15-3-5-21-17(9-15)13-28(2)26-21;/h3-5,9-13H,6-8,14H2,1-2H3;1H. The highest BCUT2D eigenvalue weighted by Gasteiger charge is 2.22. The van der Waals surface area contributed by atoms with Crippen LogP contribution in [0, 0.1) is 0 Å². The van der Waals surface area contributed by atoms with E-state index in [0.717, 1.165) is 48.2 Å². The van der Waals surface area contributed by atoms with E-state index in [9.17, 15) is 0 Å². The van der Waals surface area contributed by atoms with Crippen LogP contribution < -0.4 is 0 Å². The lowest BCUT2D eigenvalue weighted by Gasteiger charge is -2.24. The molecule has 6 nitrogen and oxygen atoms in total. The zero-order valence-electron chi connectivity index (χ0n) is 16.6. The third kappa shape index (κ3) is 2.63. The fourth-order valence-corrected chi connectivity index (χ4v) is 4.55. The van der Waals surface area contributed by atoms with E-state index in [2.05, 4.69) is 63.4 Å².